The zero-order valence-corrected chi connectivity index (χ0v) is 10.5. The van der Waals surface area contributed by atoms with Crippen LogP contribution in [-0.4, -0.2) is 50.6 Å². The van der Waals surface area contributed by atoms with E-state index in [0.29, 0.717) is 0 Å². The lowest BCUT2D eigenvalue weighted by Crippen LogP contribution is -2.34. The Hall–Kier alpha value is -2.84. The van der Waals surface area contributed by atoms with Gasteiger partial charge in [0, 0.05) is 32.3 Å². The molecule has 9 heteroatoms. The Morgan fingerprint density at radius 3 is 2.65 bits per heavy atom. The van der Waals surface area contributed by atoms with Crippen LogP contribution in [0, 0.1) is 0 Å². The quantitative estimate of drug-likeness (QED) is 0.782. The highest BCUT2D eigenvalue weighted by atomic mass is 16.4. The van der Waals surface area contributed by atoms with Crippen LogP contribution in [0.25, 0.3) is 0 Å². The number of hydrazone groups is 1. The first-order valence-corrected chi connectivity index (χ1v) is 5.68. The zero-order chi connectivity index (χ0) is 14.7. The van der Waals surface area contributed by atoms with E-state index in [9.17, 15) is 14.4 Å². The predicted octanol–water partition coefficient (Wildman–Crippen LogP) is -0.279. The number of rotatable bonds is 3. The molecule has 0 radical (unpaired) electrons. The molecule has 20 heavy (non-hydrogen) atoms. The summed E-state index contributed by atoms with van der Waals surface area (Å²) < 4.78 is 0. The van der Waals surface area contributed by atoms with Crippen LogP contribution >= 0.6 is 0 Å². The summed E-state index contributed by atoms with van der Waals surface area (Å²) in [6.07, 6.45) is 2.84. The van der Waals surface area contributed by atoms with Crippen LogP contribution in [0.2, 0.25) is 0 Å². The van der Waals surface area contributed by atoms with Crippen molar-refractivity contribution in [2.75, 3.05) is 12.4 Å². The predicted molar refractivity (Wildman–Crippen MR) is 67.1 cm³/mol. The molecule has 1 aliphatic rings. The summed E-state index contributed by atoms with van der Waals surface area (Å²) in [4.78, 5) is 41.5. The van der Waals surface area contributed by atoms with E-state index in [2.05, 4.69) is 20.4 Å². The van der Waals surface area contributed by atoms with Crippen LogP contribution in [0.1, 0.15) is 23.3 Å². The van der Waals surface area contributed by atoms with Gasteiger partial charge in [-0.2, -0.15) is 5.10 Å². The van der Waals surface area contributed by atoms with Gasteiger partial charge in [0.1, 0.15) is 5.71 Å². The van der Waals surface area contributed by atoms with Crippen molar-refractivity contribution < 1.29 is 19.5 Å². The van der Waals surface area contributed by atoms with E-state index in [1.807, 2.05) is 0 Å². The van der Waals surface area contributed by atoms with E-state index in [4.69, 9.17) is 5.11 Å². The number of hydrogen-bond acceptors (Lipinski definition) is 6. The standard InChI is InChI=1S/C11H11N5O4/c1-16-7(17)3-2-6(15-16)10(18)14-9-8(11(19)20)12-4-5-13-9/h4-5H,2-3H2,1H3,(H,19,20)(H,13,14,18). The molecular weight excluding hydrogens is 266 g/mol. The van der Waals surface area contributed by atoms with Gasteiger partial charge in [-0.3, -0.25) is 9.59 Å². The number of carboxylic acid groups (broad SMARTS) is 1. The number of carbonyl (C=O) groups excluding carboxylic acids is 2. The van der Waals surface area contributed by atoms with Gasteiger partial charge in [-0.05, 0) is 0 Å². The molecule has 2 rings (SSSR count). The molecule has 0 spiro atoms. The Kier molecular flexibility index (Phi) is 3.69. The fraction of sp³-hybridized carbons (Fsp3) is 0.273. The van der Waals surface area contributed by atoms with Crippen molar-refractivity contribution in [1.82, 2.24) is 15.0 Å². The molecule has 2 amide bonds. The SMILES string of the molecule is CN1N=C(C(=O)Nc2nccnc2C(=O)O)CCC1=O. The van der Waals surface area contributed by atoms with Gasteiger partial charge in [0.2, 0.25) is 5.91 Å². The van der Waals surface area contributed by atoms with Crippen molar-refractivity contribution in [2.45, 2.75) is 12.8 Å². The summed E-state index contributed by atoms with van der Waals surface area (Å²) >= 11 is 0. The molecule has 0 unspecified atom stereocenters. The van der Waals surface area contributed by atoms with E-state index in [1.165, 1.54) is 19.4 Å². The number of aromatic carboxylic acids is 1. The number of aromatic nitrogens is 2. The second-order valence-electron chi connectivity index (χ2n) is 3.98. The Morgan fingerprint density at radius 1 is 1.30 bits per heavy atom. The number of carboxylic acids is 1. The van der Waals surface area contributed by atoms with Crippen LogP contribution in [0.3, 0.4) is 0 Å². The summed E-state index contributed by atoms with van der Waals surface area (Å²) in [6.45, 7) is 0. The topological polar surface area (TPSA) is 125 Å². The lowest BCUT2D eigenvalue weighted by molar-refractivity contribution is -0.130. The molecule has 1 aliphatic heterocycles. The molecule has 0 aromatic carbocycles. The molecule has 2 N–H and O–H groups in total. The van der Waals surface area contributed by atoms with Crippen LogP contribution in [0.4, 0.5) is 5.82 Å². The molecule has 0 aliphatic carbocycles. The highest BCUT2D eigenvalue weighted by Crippen LogP contribution is 2.11. The van der Waals surface area contributed by atoms with Crippen molar-refractivity contribution in [2.24, 2.45) is 5.10 Å². The molecule has 2 heterocycles. The Labute approximate surface area is 113 Å². The maximum absolute atomic E-state index is 12.0. The summed E-state index contributed by atoms with van der Waals surface area (Å²) in [5, 5.41) is 16.2. The van der Waals surface area contributed by atoms with Gasteiger partial charge in [-0.25, -0.2) is 19.8 Å². The number of nitrogens with zero attached hydrogens (tertiary/aromatic N) is 4. The normalized spacial score (nSPS) is 14.8. The largest absolute Gasteiger partial charge is 0.476 e. The van der Waals surface area contributed by atoms with Gasteiger partial charge in [0.25, 0.3) is 5.91 Å². The highest BCUT2D eigenvalue weighted by Gasteiger charge is 2.23. The van der Waals surface area contributed by atoms with Crippen molar-refractivity contribution in [3.05, 3.63) is 18.1 Å². The third-order valence-electron chi connectivity index (χ3n) is 2.60. The average molecular weight is 277 g/mol. The third-order valence-corrected chi connectivity index (χ3v) is 2.60. The van der Waals surface area contributed by atoms with Gasteiger partial charge in [0.05, 0.1) is 0 Å². The van der Waals surface area contributed by atoms with Crippen LogP contribution < -0.4 is 5.32 Å². The fourth-order valence-electron chi connectivity index (χ4n) is 1.60. The minimum Gasteiger partial charge on any atom is -0.476 e. The zero-order valence-electron chi connectivity index (χ0n) is 10.5. The maximum Gasteiger partial charge on any atom is 0.358 e. The second kappa shape index (κ2) is 5.43. The molecule has 0 saturated carbocycles. The van der Waals surface area contributed by atoms with E-state index in [1.54, 1.807) is 0 Å². The first-order chi connectivity index (χ1) is 9.49. The van der Waals surface area contributed by atoms with E-state index < -0.39 is 11.9 Å². The van der Waals surface area contributed by atoms with Crippen molar-refractivity contribution in [3.8, 4) is 0 Å². The molecule has 1 aromatic rings. The minimum absolute atomic E-state index is 0.133. The molecular formula is C11H11N5O4. The van der Waals surface area contributed by atoms with Gasteiger partial charge in [0.15, 0.2) is 11.5 Å². The molecule has 0 fully saturated rings. The van der Waals surface area contributed by atoms with Crippen molar-refractivity contribution in [3.63, 3.8) is 0 Å². The number of hydrogen-bond donors (Lipinski definition) is 2. The first-order valence-electron chi connectivity index (χ1n) is 5.68. The van der Waals surface area contributed by atoms with Crippen LogP contribution in [0.15, 0.2) is 17.5 Å². The average Bonchev–Trinajstić information content (AvgIpc) is 2.42. The summed E-state index contributed by atoms with van der Waals surface area (Å²) in [5.41, 5.74) is -0.226. The summed E-state index contributed by atoms with van der Waals surface area (Å²) in [7, 11) is 1.44. The monoisotopic (exact) mass is 277 g/mol. The molecule has 1 aromatic heterocycles. The lowest BCUT2D eigenvalue weighted by atomic mass is 10.1. The van der Waals surface area contributed by atoms with Crippen molar-refractivity contribution >= 4 is 29.3 Å². The van der Waals surface area contributed by atoms with Crippen LogP contribution in [-0.2, 0) is 9.59 Å². The Bertz CT molecular complexity index is 613. The molecule has 9 nitrogen and oxygen atoms in total. The number of anilines is 1. The molecule has 0 atom stereocenters. The van der Waals surface area contributed by atoms with Gasteiger partial charge >= 0.3 is 5.97 Å². The number of nitrogens with one attached hydrogen (secondary N) is 1. The molecule has 0 saturated heterocycles. The fourth-order valence-corrected chi connectivity index (χ4v) is 1.60. The van der Waals surface area contributed by atoms with E-state index in [-0.39, 0.29) is 36.0 Å². The van der Waals surface area contributed by atoms with Crippen LogP contribution in [0.5, 0.6) is 0 Å². The Balaban J connectivity index is 2.19. The van der Waals surface area contributed by atoms with E-state index in [0.717, 1.165) is 5.01 Å². The van der Waals surface area contributed by atoms with E-state index >= 15 is 0 Å². The minimum atomic E-state index is -1.30. The van der Waals surface area contributed by atoms with Gasteiger partial charge in [-0.15, -0.1) is 0 Å². The Morgan fingerprint density at radius 2 is 2.00 bits per heavy atom. The van der Waals surface area contributed by atoms with Crippen molar-refractivity contribution in [1.29, 1.82) is 0 Å². The highest BCUT2D eigenvalue weighted by molar-refractivity contribution is 6.43. The maximum atomic E-state index is 12.0. The lowest BCUT2D eigenvalue weighted by Gasteiger charge is -2.18. The summed E-state index contributed by atoms with van der Waals surface area (Å²) in [5.74, 6) is -2.25. The number of amides is 2. The summed E-state index contributed by atoms with van der Waals surface area (Å²) in [6, 6.07) is 0. The third kappa shape index (κ3) is 2.76. The smallest absolute Gasteiger partial charge is 0.358 e. The van der Waals surface area contributed by atoms with Gasteiger partial charge in [-0.1, -0.05) is 0 Å². The first kappa shape index (κ1) is 13.6. The second-order valence-corrected chi connectivity index (χ2v) is 3.98. The molecule has 104 valence electrons. The van der Waals surface area contributed by atoms with Gasteiger partial charge < -0.3 is 10.4 Å². The molecule has 0 bridgehead atoms. The number of carbonyl (C=O) groups is 3.